The first-order chi connectivity index (χ1) is 18.6. The number of sulfonamides is 1. The van der Waals surface area contributed by atoms with Crippen molar-refractivity contribution in [3.63, 3.8) is 0 Å². The summed E-state index contributed by atoms with van der Waals surface area (Å²) in [5.41, 5.74) is 0.846. The van der Waals surface area contributed by atoms with Gasteiger partial charge in [0.05, 0.1) is 17.2 Å². The number of anilines is 1. The second kappa shape index (κ2) is 13.5. The Bertz CT molecular complexity index is 1370. The van der Waals surface area contributed by atoms with Gasteiger partial charge in [0.2, 0.25) is 11.8 Å². The Morgan fingerprint density at radius 3 is 2.15 bits per heavy atom. The molecule has 1 atom stereocenters. The predicted octanol–water partition coefficient (Wildman–Crippen LogP) is 4.30. The Kier molecular flexibility index (Phi) is 10.4. The van der Waals surface area contributed by atoms with Crippen LogP contribution >= 0.6 is 11.8 Å². The van der Waals surface area contributed by atoms with Crippen LogP contribution in [0.5, 0.6) is 5.75 Å². The van der Waals surface area contributed by atoms with Crippen molar-refractivity contribution in [1.82, 2.24) is 10.2 Å². The van der Waals surface area contributed by atoms with Crippen LogP contribution in [0.3, 0.4) is 0 Å². The maximum Gasteiger partial charge on any atom is 0.264 e. The highest BCUT2D eigenvalue weighted by molar-refractivity contribution is 7.98. The van der Waals surface area contributed by atoms with Gasteiger partial charge in [0.15, 0.2) is 0 Å². The van der Waals surface area contributed by atoms with Crippen molar-refractivity contribution in [1.29, 1.82) is 0 Å². The molecule has 0 unspecified atom stereocenters. The number of hydrogen-bond donors (Lipinski definition) is 1. The van der Waals surface area contributed by atoms with Crippen molar-refractivity contribution in [2.24, 2.45) is 0 Å². The SMILES string of the molecule is CCOc1ccc(N(CC(=O)N(Cc2ccc(F)cc2)[C@H](C)C(=O)NC)S(=O)(=O)c2ccc(SC)cc2)cc1. The fourth-order valence-corrected chi connectivity index (χ4v) is 5.68. The summed E-state index contributed by atoms with van der Waals surface area (Å²) < 4.78 is 47.7. The van der Waals surface area contributed by atoms with Gasteiger partial charge in [-0.2, -0.15) is 0 Å². The molecule has 208 valence electrons. The highest BCUT2D eigenvalue weighted by atomic mass is 32.2. The average Bonchev–Trinajstić information content (AvgIpc) is 2.95. The molecule has 2 amide bonds. The zero-order chi connectivity index (χ0) is 28.6. The molecule has 0 aliphatic rings. The van der Waals surface area contributed by atoms with Crippen LogP contribution in [0, 0.1) is 5.82 Å². The molecule has 0 fully saturated rings. The summed E-state index contributed by atoms with van der Waals surface area (Å²) >= 11 is 1.48. The second-order valence-electron chi connectivity index (χ2n) is 8.55. The quantitative estimate of drug-likeness (QED) is 0.325. The topological polar surface area (TPSA) is 96.0 Å². The normalized spacial score (nSPS) is 11.9. The third-order valence-electron chi connectivity index (χ3n) is 6.04. The number of carbonyl (C=O) groups excluding carboxylic acids is 2. The number of amides is 2. The van der Waals surface area contributed by atoms with Gasteiger partial charge in [0.1, 0.15) is 24.2 Å². The van der Waals surface area contributed by atoms with Gasteiger partial charge in [-0.1, -0.05) is 12.1 Å². The number of nitrogens with zero attached hydrogens (tertiary/aromatic N) is 2. The van der Waals surface area contributed by atoms with E-state index in [0.29, 0.717) is 17.9 Å². The number of rotatable bonds is 12. The van der Waals surface area contributed by atoms with Gasteiger partial charge in [0, 0.05) is 18.5 Å². The lowest BCUT2D eigenvalue weighted by atomic mass is 10.1. The van der Waals surface area contributed by atoms with Gasteiger partial charge < -0.3 is 15.0 Å². The number of hydrogen-bond acceptors (Lipinski definition) is 6. The largest absolute Gasteiger partial charge is 0.494 e. The molecule has 0 radical (unpaired) electrons. The highest BCUT2D eigenvalue weighted by Gasteiger charge is 2.32. The van der Waals surface area contributed by atoms with E-state index in [1.807, 2.05) is 13.2 Å². The molecule has 1 N–H and O–H groups in total. The van der Waals surface area contributed by atoms with Crippen LogP contribution in [0.15, 0.2) is 82.6 Å². The van der Waals surface area contributed by atoms with Crippen molar-refractivity contribution >= 4 is 39.3 Å². The van der Waals surface area contributed by atoms with Crippen molar-refractivity contribution < 1.29 is 27.1 Å². The second-order valence-corrected chi connectivity index (χ2v) is 11.3. The summed E-state index contributed by atoms with van der Waals surface area (Å²) in [5, 5.41) is 2.52. The summed E-state index contributed by atoms with van der Waals surface area (Å²) in [6, 6.07) is 17.4. The number of ether oxygens (including phenoxy) is 1. The molecule has 0 aromatic heterocycles. The molecule has 0 aliphatic carbocycles. The lowest BCUT2D eigenvalue weighted by molar-refractivity contribution is -0.139. The fourth-order valence-electron chi connectivity index (χ4n) is 3.86. The number of nitrogens with one attached hydrogen (secondary N) is 1. The molecule has 0 heterocycles. The van der Waals surface area contributed by atoms with E-state index < -0.39 is 40.2 Å². The van der Waals surface area contributed by atoms with E-state index >= 15 is 0 Å². The van der Waals surface area contributed by atoms with E-state index in [1.165, 1.54) is 60.1 Å². The fraction of sp³-hybridized carbons (Fsp3) is 0.286. The molecule has 0 bridgehead atoms. The molecule has 3 rings (SSSR count). The van der Waals surface area contributed by atoms with Gasteiger partial charge in [-0.05, 0) is 86.3 Å². The molecule has 11 heteroatoms. The Hall–Kier alpha value is -3.57. The van der Waals surface area contributed by atoms with Crippen molar-refractivity contribution in [2.75, 3.05) is 30.8 Å². The lowest BCUT2D eigenvalue weighted by Gasteiger charge is -2.31. The van der Waals surface area contributed by atoms with E-state index in [-0.39, 0.29) is 17.1 Å². The highest BCUT2D eigenvalue weighted by Crippen LogP contribution is 2.28. The van der Waals surface area contributed by atoms with Crippen LogP contribution in [-0.2, 0) is 26.2 Å². The summed E-state index contributed by atoms with van der Waals surface area (Å²) in [5.74, 6) is -0.904. The first kappa shape index (κ1) is 30.0. The van der Waals surface area contributed by atoms with E-state index in [1.54, 1.807) is 43.3 Å². The van der Waals surface area contributed by atoms with E-state index in [0.717, 1.165) is 9.20 Å². The van der Waals surface area contributed by atoms with Crippen LogP contribution in [0.1, 0.15) is 19.4 Å². The van der Waals surface area contributed by atoms with Crippen LogP contribution in [-0.4, -0.2) is 57.6 Å². The molecule has 0 saturated carbocycles. The zero-order valence-corrected chi connectivity index (χ0v) is 23.9. The smallest absolute Gasteiger partial charge is 0.264 e. The molecule has 0 saturated heterocycles. The lowest BCUT2D eigenvalue weighted by Crippen LogP contribution is -2.50. The first-order valence-electron chi connectivity index (χ1n) is 12.3. The van der Waals surface area contributed by atoms with Gasteiger partial charge in [-0.25, -0.2) is 12.8 Å². The van der Waals surface area contributed by atoms with Crippen LogP contribution in [0.4, 0.5) is 10.1 Å². The monoisotopic (exact) mass is 573 g/mol. The standard InChI is InChI=1S/C28H32FN3O5S2/c1-5-37-24-12-10-23(11-13-24)32(39(35,36)26-16-14-25(38-4)15-17-26)19-27(33)31(20(2)28(34)30-3)18-21-6-8-22(29)9-7-21/h6-17,20H,5,18-19H2,1-4H3,(H,30,34)/t20-/m1/s1. The van der Waals surface area contributed by atoms with Gasteiger partial charge in [-0.15, -0.1) is 11.8 Å². The number of thioether (sulfide) groups is 1. The van der Waals surface area contributed by atoms with Gasteiger partial charge >= 0.3 is 0 Å². The minimum absolute atomic E-state index is 0.0198. The molecular formula is C28H32FN3O5S2. The number of benzene rings is 3. The predicted molar refractivity (Wildman–Crippen MR) is 151 cm³/mol. The summed E-state index contributed by atoms with van der Waals surface area (Å²) in [7, 11) is -2.72. The Balaban J connectivity index is 2.02. The van der Waals surface area contributed by atoms with Crippen molar-refractivity contribution in [3.8, 4) is 5.75 Å². The minimum atomic E-state index is -4.18. The Labute approximate surface area is 233 Å². The Morgan fingerprint density at radius 2 is 1.62 bits per heavy atom. The van der Waals surface area contributed by atoms with E-state index in [2.05, 4.69) is 5.32 Å². The van der Waals surface area contributed by atoms with Crippen LogP contribution < -0.4 is 14.4 Å². The maximum absolute atomic E-state index is 13.9. The number of carbonyl (C=O) groups is 2. The molecule has 0 aliphatic heterocycles. The minimum Gasteiger partial charge on any atom is -0.494 e. The number of likely N-dealkylation sites (N-methyl/N-ethyl adjacent to an activating group) is 1. The van der Waals surface area contributed by atoms with E-state index in [4.69, 9.17) is 4.74 Å². The van der Waals surface area contributed by atoms with Gasteiger partial charge in [0.25, 0.3) is 10.0 Å². The van der Waals surface area contributed by atoms with Crippen molar-refractivity contribution in [3.05, 3.63) is 84.2 Å². The molecule has 39 heavy (non-hydrogen) atoms. The zero-order valence-electron chi connectivity index (χ0n) is 22.3. The summed E-state index contributed by atoms with van der Waals surface area (Å²) in [6.07, 6.45) is 1.89. The molecule has 0 spiro atoms. The number of halogens is 1. The third kappa shape index (κ3) is 7.51. The third-order valence-corrected chi connectivity index (χ3v) is 8.57. The molecule has 8 nitrogen and oxygen atoms in total. The molecule has 3 aromatic rings. The summed E-state index contributed by atoms with van der Waals surface area (Å²) in [6.45, 7) is 3.25. The van der Waals surface area contributed by atoms with Gasteiger partial charge in [-0.3, -0.25) is 13.9 Å². The maximum atomic E-state index is 13.9. The molecular weight excluding hydrogens is 541 g/mol. The van der Waals surface area contributed by atoms with Crippen molar-refractivity contribution in [2.45, 2.75) is 36.2 Å². The van der Waals surface area contributed by atoms with Crippen LogP contribution in [0.2, 0.25) is 0 Å². The molecule has 3 aromatic carbocycles. The first-order valence-corrected chi connectivity index (χ1v) is 14.9. The Morgan fingerprint density at radius 1 is 1.00 bits per heavy atom. The average molecular weight is 574 g/mol. The summed E-state index contributed by atoms with van der Waals surface area (Å²) in [4.78, 5) is 28.5. The van der Waals surface area contributed by atoms with Crippen LogP contribution in [0.25, 0.3) is 0 Å². The van der Waals surface area contributed by atoms with E-state index in [9.17, 15) is 22.4 Å².